The Morgan fingerprint density at radius 2 is 2.05 bits per heavy atom. The van der Waals surface area contributed by atoms with Crippen molar-refractivity contribution in [1.82, 2.24) is 4.90 Å². The van der Waals surface area contributed by atoms with Gasteiger partial charge in [0.1, 0.15) is 4.88 Å². The molecule has 4 heteroatoms. The quantitative estimate of drug-likeness (QED) is 0.819. The molecule has 0 aliphatic rings. The maximum atomic E-state index is 12.9. The van der Waals surface area contributed by atoms with Gasteiger partial charge in [-0.3, -0.25) is 4.79 Å². The first kappa shape index (κ1) is 17.7. The lowest BCUT2D eigenvalue weighted by Gasteiger charge is -2.32. The number of hydrogen-bond acceptors (Lipinski definition) is 3. The van der Waals surface area contributed by atoms with E-state index in [9.17, 15) is 4.79 Å². The number of amides is 1. The molecule has 2 N–H and O–H groups in total. The predicted octanol–water partition coefficient (Wildman–Crippen LogP) is 3.35. The summed E-state index contributed by atoms with van der Waals surface area (Å²) in [5, 5.41) is 1.92. The summed E-state index contributed by atoms with van der Waals surface area (Å²) in [6.07, 6.45) is 1.95. The Kier molecular flexibility index (Phi) is 7.49. The topological polar surface area (TPSA) is 46.3 Å². The van der Waals surface area contributed by atoms with Crippen molar-refractivity contribution in [3.05, 3.63) is 21.9 Å². The lowest BCUT2D eigenvalue weighted by Crippen LogP contribution is -2.42. The maximum absolute atomic E-state index is 12.9. The molecule has 1 heterocycles. The van der Waals surface area contributed by atoms with E-state index in [-0.39, 0.29) is 11.9 Å². The first-order valence-corrected chi connectivity index (χ1v) is 8.50. The molecule has 0 spiro atoms. The number of hydrogen-bond donors (Lipinski definition) is 1. The summed E-state index contributed by atoms with van der Waals surface area (Å²) in [4.78, 5) is 15.7. The molecule has 0 saturated carbocycles. The van der Waals surface area contributed by atoms with Crippen LogP contribution in [0, 0.1) is 17.8 Å². The molecule has 0 aliphatic heterocycles. The van der Waals surface area contributed by atoms with E-state index < -0.39 is 0 Å². The zero-order valence-corrected chi connectivity index (χ0v) is 14.3. The molecule has 1 rings (SSSR count). The number of carbonyl (C=O) groups excluding carboxylic acids is 1. The molecular formula is C17H26N2OS. The number of carbonyl (C=O) groups is 1. The Balaban J connectivity index is 3.07. The van der Waals surface area contributed by atoms with Crippen molar-refractivity contribution >= 4 is 17.2 Å². The van der Waals surface area contributed by atoms with Gasteiger partial charge in [0, 0.05) is 18.2 Å². The fraction of sp³-hybridized carbons (Fsp3) is 0.588. The van der Waals surface area contributed by atoms with E-state index in [1.165, 1.54) is 11.3 Å². The summed E-state index contributed by atoms with van der Waals surface area (Å²) in [6, 6.07) is 2.19. The summed E-state index contributed by atoms with van der Waals surface area (Å²) in [5.41, 5.74) is 6.22. The molecule has 0 radical (unpaired) electrons. The minimum absolute atomic E-state index is 0.105. The van der Waals surface area contributed by atoms with Crippen LogP contribution in [0.25, 0.3) is 0 Å². The van der Waals surface area contributed by atoms with E-state index in [0.29, 0.717) is 12.5 Å². The lowest BCUT2D eigenvalue weighted by atomic mass is 10.1. The van der Waals surface area contributed by atoms with Gasteiger partial charge in [0.2, 0.25) is 0 Å². The van der Waals surface area contributed by atoms with Crippen LogP contribution in [0.3, 0.4) is 0 Å². The van der Waals surface area contributed by atoms with Crippen LogP contribution in [0.5, 0.6) is 0 Å². The molecule has 0 aliphatic carbocycles. The van der Waals surface area contributed by atoms with Crippen molar-refractivity contribution in [3.8, 4) is 11.8 Å². The van der Waals surface area contributed by atoms with Gasteiger partial charge in [0.05, 0.1) is 6.54 Å². The Morgan fingerprint density at radius 1 is 1.38 bits per heavy atom. The van der Waals surface area contributed by atoms with Crippen LogP contribution < -0.4 is 5.73 Å². The second kappa shape index (κ2) is 8.86. The minimum Gasteiger partial charge on any atom is -0.335 e. The summed E-state index contributed by atoms with van der Waals surface area (Å²) < 4.78 is 0. The molecule has 0 unspecified atom stereocenters. The molecule has 0 aromatic carbocycles. The van der Waals surface area contributed by atoms with Gasteiger partial charge < -0.3 is 10.6 Å². The summed E-state index contributed by atoms with van der Waals surface area (Å²) in [5.74, 6) is 6.40. The van der Waals surface area contributed by atoms with Gasteiger partial charge in [-0.25, -0.2) is 0 Å². The summed E-state index contributed by atoms with van der Waals surface area (Å²) in [6.45, 7) is 9.66. The van der Waals surface area contributed by atoms with Crippen LogP contribution in [-0.2, 0) is 0 Å². The highest BCUT2D eigenvalue weighted by Crippen LogP contribution is 2.22. The number of thiophene rings is 1. The van der Waals surface area contributed by atoms with Gasteiger partial charge in [-0.1, -0.05) is 39.5 Å². The first-order valence-electron chi connectivity index (χ1n) is 7.62. The average Bonchev–Trinajstić information content (AvgIpc) is 2.92. The monoisotopic (exact) mass is 306 g/mol. The zero-order valence-electron chi connectivity index (χ0n) is 13.5. The van der Waals surface area contributed by atoms with Crippen LogP contribution in [0.15, 0.2) is 11.4 Å². The Labute approximate surface area is 132 Å². The molecule has 0 fully saturated rings. The van der Waals surface area contributed by atoms with Crippen molar-refractivity contribution in [2.75, 3.05) is 13.1 Å². The molecule has 116 valence electrons. The zero-order chi connectivity index (χ0) is 15.8. The lowest BCUT2D eigenvalue weighted by molar-refractivity contribution is 0.0645. The smallest absolute Gasteiger partial charge is 0.265 e. The highest BCUT2D eigenvalue weighted by atomic mass is 32.1. The fourth-order valence-electron chi connectivity index (χ4n) is 2.37. The third-order valence-electron chi connectivity index (χ3n) is 3.39. The van der Waals surface area contributed by atoms with E-state index in [2.05, 4.69) is 39.5 Å². The van der Waals surface area contributed by atoms with Gasteiger partial charge in [0.25, 0.3) is 5.91 Å². The van der Waals surface area contributed by atoms with Crippen LogP contribution in [0.1, 0.15) is 55.8 Å². The molecule has 0 saturated heterocycles. The second-order valence-electron chi connectivity index (χ2n) is 5.49. The minimum atomic E-state index is 0.105. The number of nitrogens with zero attached hydrogens (tertiary/aromatic N) is 1. The molecule has 0 atom stereocenters. The highest BCUT2D eigenvalue weighted by molar-refractivity contribution is 7.12. The molecule has 1 amide bonds. The second-order valence-corrected chi connectivity index (χ2v) is 6.41. The van der Waals surface area contributed by atoms with E-state index in [1.807, 2.05) is 16.3 Å². The summed E-state index contributed by atoms with van der Waals surface area (Å²) >= 11 is 1.47. The molecule has 21 heavy (non-hydrogen) atoms. The highest BCUT2D eigenvalue weighted by Gasteiger charge is 2.25. The molecule has 0 bridgehead atoms. The van der Waals surface area contributed by atoms with E-state index >= 15 is 0 Å². The van der Waals surface area contributed by atoms with Crippen molar-refractivity contribution in [2.24, 2.45) is 11.7 Å². The van der Waals surface area contributed by atoms with Gasteiger partial charge in [-0.05, 0) is 30.2 Å². The van der Waals surface area contributed by atoms with E-state index in [0.717, 1.165) is 29.8 Å². The number of rotatable bonds is 6. The largest absolute Gasteiger partial charge is 0.335 e. The van der Waals surface area contributed by atoms with Gasteiger partial charge >= 0.3 is 0 Å². The van der Waals surface area contributed by atoms with E-state index in [4.69, 9.17) is 5.73 Å². The van der Waals surface area contributed by atoms with Crippen molar-refractivity contribution in [2.45, 2.75) is 46.6 Å². The van der Waals surface area contributed by atoms with Crippen LogP contribution in [0.4, 0.5) is 0 Å². The number of nitrogens with two attached hydrogens (primary N) is 1. The maximum Gasteiger partial charge on any atom is 0.265 e. The Hall–Kier alpha value is -1.31. The van der Waals surface area contributed by atoms with Crippen molar-refractivity contribution in [1.29, 1.82) is 0 Å². The molecule has 1 aromatic rings. The van der Waals surface area contributed by atoms with Crippen LogP contribution >= 0.6 is 11.3 Å². The van der Waals surface area contributed by atoms with Gasteiger partial charge in [0.15, 0.2) is 0 Å². The molecule has 1 aromatic heterocycles. The molecular weight excluding hydrogens is 280 g/mol. The standard InChI is InChI=1S/C17H26N2OS/c1-5-15(6-2)19(12-13(3)4)17(20)16-14(8-7-10-18)9-11-21-16/h9,11,13,15H,5-6,10,12,18H2,1-4H3. The first-order chi connectivity index (χ1) is 10.0. The SMILES string of the molecule is CCC(CC)N(CC(C)C)C(=O)c1sccc1C#CCN. The third-order valence-corrected chi connectivity index (χ3v) is 4.29. The summed E-state index contributed by atoms with van der Waals surface area (Å²) in [7, 11) is 0. The van der Waals surface area contributed by atoms with Crippen molar-refractivity contribution < 1.29 is 4.79 Å². The average molecular weight is 306 g/mol. The third kappa shape index (κ3) is 4.87. The van der Waals surface area contributed by atoms with Gasteiger partial charge in [-0.15, -0.1) is 11.3 Å². The van der Waals surface area contributed by atoms with E-state index in [1.54, 1.807) is 0 Å². The van der Waals surface area contributed by atoms with Crippen LogP contribution in [0.2, 0.25) is 0 Å². The Bertz CT molecular complexity index is 506. The normalized spacial score (nSPS) is 10.6. The Morgan fingerprint density at radius 3 is 2.57 bits per heavy atom. The predicted molar refractivity (Wildman–Crippen MR) is 90.5 cm³/mol. The van der Waals surface area contributed by atoms with Crippen LogP contribution in [-0.4, -0.2) is 29.9 Å². The molecule has 3 nitrogen and oxygen atoms in total. The fourth-order valence-corrected chi connectivity index (χ4v) is 3.17. The van der Waals surface area contributed by atoms with Crippen molar-refractivity contribution in [3.63, 3.8) is 0 Å². The van der Waals surface area contributed by atoms with Gasteiger partial charge in [-0.2, -0.15) is 0 Å².